The second kappa shape index (κ2) is 5.79. The lowest BCUT2D eigenvalue weighted by molar-refractivity contribution is -0.156. The quantitative estimate of drug-likeness (QED) is 0.850. The van der Waals surface area contributed by atoms with Crippen molar-refractivity contribution < 1.29 is 23.7 Å². The number of hydrogen-bond donors (Lipinski definition) is 0. The van der Waals surface area contributed by atoms with E-state index in [-0.39, 0.29) is 18.7 Å². The summed E-state index contributed by atoms with van der Waals surface area (Å²) in [5.74, 6) is -0.101. The highest BCUT2D eigenvalue weighted by Crippen LogP contribution is 2.32. The van der Waals surface area contributed by atoms with Crippen LogP contribution in [-0.2, 0) is 30.3 Å². The lowest BCUT2D eigenvalue weighted by atomic mass is 10.1. The maximum absolute atomic E-state index is 11.6. The third-order valence-electron chi connectivity index (χ3n) is 3.45. The van der Waals surface area contributed by atoms with Gasteiger partial charge in [-0.25, -0.2) is 0 Å². The van der Waals surface area contributed by atoms with Crippen LogP contribution in [0.3, 0.4) is 0 Å². The number of rotatable bonds is 4. The van der Waals surface area contributed by atoms with E-state index < -0.39 is 18.5 Å². The summed E-state index contributed by atoms with van der Waals surface area (Å²) in [4.78, 5) is 11.6. The van der Waals surface area contributed by atoms with Gasteiger partial charge in [0.25, 0.3) is 0 Å². The van der Waals surface area contributed by atoms with Crippen molar-refractivity contribution in [2.24, 2.45) is 0 Å². The fourth-order valence-electron chi connectivity index (χ4n) is 2.43. The molecule has 0 saturated carbocycles. The first-order valence-corrected chi connectivity index (χ1v) is 6.79. The number of fused-ring (bicyclic) bond motifs is 1. The van der Waals surface area contributed by atoms with Crippen LogP contribution in [0.15, 0.2) is 24.3 Å². The van der Waals surface area contributed by atoms with Gasteiger partial charge in [-0.1, -0.05) is 29.8 Å². The van der Waals surface area contributed by atoms with Gasteiger partial charge in [-0.3, -0.25) is 4.79 Å². The average Bonchev–Trinajstić information content (AvgIpc) is 2.99. The molecule has 108 valence electrons. The number of Topliss-reactive ketones (excluding diaryl/α,β-unsaturated/α-hetero) is 1. The summed E-state index contributed by atoms with van der Waals surface area (Å²) >= 11 is 6.09. The fraction of sp³-hybridized carbons (Fsp3) is 0.500. The molecule has 2 fully saturated rings. The van der Waals surface area contributed by atoms with E-state index in [1.54, 1.807) is 6.07 Å². The van der Waals surface area contributed by atoms with Crippen LogP contribution in [0.4, 0.5) is 0 Å². The number of ketones is 1. The summed E-state index contributed by atoms with van der Waals surface area (Å²) in [6, 6.07) is 7.42. The van der Waals surface area contributed by atoms with E-state index >= 15 is 0 Å². The molecule has 1 aromatic carbocycles. The molecular formula is C14H15ClO5. The number of halogens is 1. The Hall–Kier alpha value is -0.980. The molecule has 6 heteroatoms. The van der Waals surface area contributed by atoms with Gasteiger partial charge < -0.3 is 18.9 Å². The Bertz CT molecular complexity index is 506. The molecule has 0 aliphatic carbocycles. The maximum Gasteiger partial charge on any atom is 0.190 e. The van der Waals surface area contributed by atoms with E-state index in [1.165, 1.54) is 6.92 Å². The van der Waals surface area contributed by atoms with E-state index in [1.807, 2.05) is 18.2 Å². The van der Waals surface area contributed by atoms with Gasteiger partial charge in [0.2, 0.25) is 0 Å². The van der Waals surface area contributed by atoms with Crippen molar-refractivity contribution in [2.75, 3.05) is 6.79 Å². The van der Waals surface area contributed by atoms with E-state index in [4.69, 9.17) is 30.5 Å². The third-order valence-corrected chi connectivity index (χ3v) is 3.82. The van der Waals surface area contributed by atoms with Gasteiger partial charge in [-0.05, 0) is 18.6 Å². The van der Waals surface area contributed by atoms with Crippen LogP contribution >= 0.6 is 11.6 Å². The molecule has 20 heavy (non-hydrogen) atoms. The minimum Gasteiger partial charge on any atom is -0.367 e. The summed E-state index contributed by atoms with van der Waals surface area (Å²) in [6.45, 7) is 1.92. The van der Waals surface area contributed by atoms with Crippen molar-refractivity contribution in [2.45, 2.75) is 38.1 Å². The highest BCUT2D eigenvalue weighted by Gasteiger charge is 2.51. The molecular weight excluding hydrogens is 284 g/mol. The Balaban J connectivity index is 1.71. The molecule has 5 nitrogen and oxygen atoms in total. The highest BCUT2D eigenvalue weighted by atomic mass is 35.5. The number of benzene rings is 1. The van der Waals surface area contributed by atoms with Crippen molar-refractivity contribution in [1.82, 2.24) is 0 Å². The molecule has 2 heterocycles. The van der Waals surface area contributed by atoms with E-state index in [2.05, 4.69) is 0 Å². The van der Waals surface area contributed by atoms with Gasteiger partial charge in [-0.15, -0.1) is 0 Å². The summed E-state index contributed by atoms with van der Waals surface area (Å²) in [5.41, 5.74) is 0.860. The second-order valence-corrected chi connectivity index (χ2v) is 5.23. The first-order valence-electron chi connectivity index (χ1n) is 6.41. The van der Waals surface area contributed by atoms with Gasteiger partial charge in [0.15, 0.2) is 18.9 Å². The number of ether oxygens (including phenoxy) is 4. The molecule has 2 aliphatic heterocycles. The monoisotopic (exact) mass is 298 g/mol. The molecule has 0 bridgehead atoms. The zero-order valence-corrected chi connectivity index (χ0v) is 11.7. The van der Waals surface area contributed by atoms with Gasteiger partial charge in [0.1, 0.15) is 18.3 Å². The summed E-state index contributed by atoms with van der Waals surface area (Å²) < 4.78 is 22.0. The van der Waals surface area contributed by atoms with E-state index in [0.29, 0.717) is 11.6 Å². The van der Waals surface area contributed by atoms with Crippen molar-refractivity contribution >= 4 is 17.4 Å². The maximum atomic E-state index is 11.6. The first-order chi connectivity index (χ1) is 9.66. The van der Waals surface area contributed by atoms with Gasteiger partial charge in [-0.2, -0.15) is 0 Å². The minimum atomic E-state index is -0.659. The molecule has 0 N–H and O–H groups in total. The zero-order valence-electron chi connectivity index (χ0n) is 11.0. The van der Waals surface area contributed by atoms with Crippen LogP contribution in [0, 0.1) is 0 Å². The Morgan fingerprint density at radius 1 is 1.40 bits per heavy atom. The molecule has 0 unspecified atom stereocenters. The molecule has 3 rings (SSSR count). The van der Waals surface area contributed by atoms with E-state index in [0.717, 1.165) is 5.56 Å². The van der Waals surface area contributed by atoms with Crippen LogP contribution in [0.25, 0.3) is 0 Å². The van der Waals surface area contributed by atoms with Crippen molar-refractivity contribution in [1.29, 1.82) is 0 Å². The van der Waals surface area contributed by atoms with E-state index in [9.17, 15) is 4.79 Å². The molecule has 1 aromatic rings. The van der Waals surface area contributed by atoms with Crippen molar-refractivity contribution in [3.8, 4) is 0 Å². The van der Waals surface area contributed by atoms with Gasteiger partial charge in [0.05, 0.1) is 6.61 Å². The predicted octanol–water partition coefficient (Wildman–Crippen LogP) is 1.91. The molecule has 0 amide bonds. The number of carbonyl (C=O) groups excluding carboxylic acids is 1. The lowest BCUT2D eigenvalue weighted by Gasteiger charge is -2.20. The second-order valence-electron chi connectivity index (χ2n) is 4.82. The van der Waals surface area contributed by atoms with Crippen LogP contribution in [0.2, 0.25) is 5.02 Å². The molecule has 0 spiro atoms. The molecule has 4 atom stereocenters. The average molecular weight is 299 g/mol. The van der Waals surface area contributed by atoms with Gasteiger partial charge >= 0.3 is 0 Å². The SMILES string of the molecule is CC(=O)[C@H]1O[C@@H]2OCO[C@@H]2[C@H]1OCc1ccccc1Cl. The van der Waals surface area contributed by atoms with Crippen LogP contribution in [-0.4, -0.2) is 37.2 Å². The Labute approximate surface area is 121 Å². The van der Waals surface area contributed by atoms with Gasteiger partial charge in [0, 0.05) is 5.02 Å². The topological polar surface area (TPSA) is 54.0 Å². The van der Waals surface area contributed by atoms with Crippen molar-refractivity contribution in [3.63, 3.8) is 0 Å². The van der Waals surface area contributed by atoms with Crippen LogP contribution in [0.1, 0.15) is 12.5 Å². The van der Waals surface area contributed by atoms with Crippen molar-refractivity contribution in [3.05, 3.63) is 34.9 Å². The molecule has 0 radical (unpaired) electrons. The normalized spacial score (nSPS) is 32.3. The Morgan fingerprint density at radius 3 is 2.95 bits per heavy atom. The summed E-state index contributed by atoms with van der Waals surface area (Å²) in [6.07, 6.45) is -2.03. The third kappa shape index (κ3) is 2.60. The predicted molar refractivity (Wildman–Crippen MR) is 70.2 cm³/mol. The Kier molecular flexibility index (Phi) is 4.05. The number of hydrogen-bond acceptors (Lipinski definition) is 5. The largest absolute Gasteiger partial charge is 0.367 e. The molecule has 2 aliphatic rings. The van der Waals surface area contributed by atoms with Crippen LogP contribution < -0.4 is 0 Å². The highest BCUT2D eigenvalue weighted by molar-refractivity contribution is 6.31. The fourth-order valence-corrected chi connectivity index (χ4v) is 2.62. The summed E-state index contributed by atoms with van der Waals surface area (Å²) in [7, 11) is 0. The summed E-state index contributed by atoms with van der Waals surface area (Å²) in [5, 5.41) is 0.630. The molecule has 2 saturated heterocycles. The van der Waals surface area contributed by atoms with Crippen LogP contribution in [0.5, 0.6) is 0 Å². The molecule has 0 aromatic heterocycles. The first kappa shape index (κ1) is 14.0. The zero-order chi connectivity index (χ0) is 14.1. The number of carbonyl (C=O) groups is 1. The Morgan fingerprint density at radius 2 is 2.20 bits per heavy atom. The lowest BCUT2D eigenvalue weighted by Crippen LogP contribution is -2.38. The standard InChI is InChI=1S/C14H15ClO5/c1-8(16)11-12(13-14(20-11)19-7-18-13)17-6-9-4-2-3-5-10(9)15/h2-5,11-14H,6-7H2,1H3/t11-,12+,13-,14+/m1/s1. The minimum absolute atomic E-state index is 0.101. The smallest absolute Gasteiger partial charge is 0.190 e.